The smallest absolute Gasteiger partial charge is 0.263 e. The van der Waals surface area contributed by atoms with Crippen molar-refractivity contribution in [3.63, 3.8) is 0 Å². The second kappa shape index (κ2) is 8.28. The molecule has 0 saturated carbocycles. The van der Waals surface area contributed by atoms with E-state index >= 15 is 0 Å². The van der Waals surface area contributed by atoms with Crippen LogP contribution in [-0.4, -0.2) is 68.5 Å². The minimum Gasteiger partial charge on any atom is -0.289 e. The number of nitrogens with zero attached hydrogens (tertiary/aromatic N) is 2. The number of piperazine rings is 1. The van der Waals surface area contributed by atoms with Gasteiger partial charge in [-0.2, -0.15) is 8.61 Å². The van der Waals surface area contributed by atoms with Gasteiger partial charge < -0.3 is 0 Å². The normalized spacial score (nSPS) is 19.0. The summed E-state index contributed by atoms with van der Waals surface area (Å²) in [6.07, 6.45) is 0.924. The highest BCUT2D eigenvalue weighted by Crippen LogP contribution is 2.35. The van der Waals surface area contributed by atoms with Crippen molar-refractivity contribution >= 4 is 37.3 Å². The Morgan fingerprint density at radius 1 is 1.17 bits per heavy atom. The van der Waals surface area contributed by atoms with E-state index in [4.69, 9.17) is 5.21 Å². The van der Waals surface area contributed by atoms with E-state index in [0.29, 0.717) is 17.4 Å². The number of nitrogens with one attached hydrogen (secondary N) is 1. The maximum atomic E-state index is 14.0. The Hall–Kier alpha value is -1.97. The van der Waals surface area contributed by atoms with E-state index in [-0.39, 0.29) is 27.7 Å². The number of carbonyl (C=O) groups is 1. The maximum absolute atomic E-state index is 14.0. The molecule has 1 aliphatic rings. The van der Waals surface area contributed by atoms with Gasteiger partial charge in [0, 0.05) is 36.1 Å². The topological polar surface area (TPSA) is 124 Å². The molecule has 1 fully saturated rings. The predicted molar refractivity (Wildman–Crippen MR) is 104 cm³/mol. The molecule has 1 atom stereocenters. The Morgan fingerprint density at radius 3 is 2.47 bits per heavy atom. The van der Waals surface area contributed by atoms with Gasteiger partial charge in [0.15, 0.2) is 0 Å². The lowest BCUT2D eigenvalue weighted by molar-refractivity contribution is -0.134. The third-order valence-corrected chi connectivity index (χ3v) is 9.28. The third kappa shape index (κ3) is 4.38. The summed E-state index contributed by atoms with van der Waals surface area (Å²) in [5.74, 6) is -2.73. The number of halogens is 2. The molecule has 0 bridgehead atoms. The van der Waals surface area contributed by atoms with Crippen molar-refractivity contribution in [2.45, 2.75) is 10.3 Å². The fourth-order valence-electron chi connectivity index (χ4n) is 3.03. The van der Waals surface area contributed by atoms with Crippen LogP contribution in [0.5, 0.6) is 0 Å². The SMILES string of the molecule is CS(=O)(=O)N1CCN(S(=O)(=O)c2ccc(-c3ccc(F)cc3F)s2)[C@@H](C(=O)NO)C1. The highest BCUT2D eigenvalue weighted by atomic mass is 32.2. The summed E-state index contributed by atoms with van der Waals surface area (Å²) in [6.45, 7) is -0.987. The Kier molecular flexibility index (Phi) is 6.27. The molecule has 14 heteroatoms. The van der Waals surface area contributed by atoms with Crippen molar-refractivity contribution in [1.82, 2.24) is 14.1 Å². The predicted octanol–water partition coefficient (Wildman–Crippen LogP) is 0.833. The Morgan fingerprint density at radius 2 is 1.87 bits per heavy atom. The third-order valence-electron chi connectivity index (χ3n) is 4.52. The Labute approximate surface area is 175 Å². The van der Waals surface area contributed by atoms with E-state index in [9.17, 15) is 30.4 Å². The van der Waals surface area contributed by atoms with Crippen LogP contribution in [0, 0.1) is 11.6 Å². The maximum Gasteiger partial charge on any atom is 0.263 e. The van der Waals surface area contributed by atoms with Crippen molar-refractivity contribution in [2.24, 2.45) is 0 Å². The van der Waals surface area contributed by atoms with Crippen LogP contribution in [0.2, 0.25) is 0 Å². The molecular weight excluding hydrogens is 464 g/mol. The molecule has 2 aromatic rings. The Bertz CT molecular complexity index is 1180. The first kappa shape index (κ1) is 22.7. The van der Waals surface area contributed by atoms with Crippen LogP contribution in [0.3, 0.4) is 0 Å². The number of amides is 1. The molecule has 164 valence electrons. The summed E-state index contributed by atoms with van der Waals surface area (Å²) in [4.78, 5) is 12.3. The molecule has 3 rings (SSSR count). The van der Waals surface area contributed by atoms with Gasteiger partial charge in [0.05, 0.1) is 6.26 Å². The van der Waals surface area contributed by atoms with Gasteiger partial charge in [-0.15, -0.1) is 11.3 Å². The first-order valence-corrected chi connectivity index (χ1v) is 12.5. The molecule has 1 aromatic carbocycles. The van der Waals surface area contributed by atoms with E-state index in [1.807, 2.05) is 0 Å². The fourth-order valence-corrected chi connectivity index (χ4v) is 6.88. The van der Waals surface area contributed by atoms with Crippen molar-refractivity contribution in [1.29, 1.82) is 0 Å². The van der Waals surface area contributed by atoms with Gasteiger partial charge in [-0.3, -0.25) is 10.0 Å². The molecule has 9 nitrogen and oxygen atoms in total. The monoisotopic (exact) mass is 481 g/mol. The van der Waals surface area contributed by atoms with Crippen molar-refractivity contribution < 1.29 is 35.6 Å². The number of carbonyl (C=O) groups excluding carboxylic acids is 1. The molecule has 30 heavy (non-hydrogen) atoms. The van der Waals surface area contributed by atoms with E-state index in [1.54, 1.807) is 0 Å². The van der Waals surface area contributed by atoms with E-state index < -0.39 is 50.2 Å². The molecule has 0 spiro atoms. The van der Waals surface area contributed by atoms with Gasteiger partial charge in [0.1, 0.15) is 21.9 Å². The summed E-state index contributed by atoms with van der Waals surface area (Å²) in [5.41, 5.74) is 1.36. The van der Waals surface area contributed by atoms with Gasteiger partial charge in [-0.25, -0.2) is 31.1 Å². The molecule has 0 radical (unpaired) electrons. The summed E-state index contributed by atoms with van der Waals surface area (Å²) in [7, 11) is -7.98. The lowest BCUT2D eigenvalue weighted by Crippen LogP contribution is -2.60. The molecule has 1 aromatic heterocycles. The van der Waals surface area contributed by atoms with E-state index in [2.05, 4.69) is 0 Å². The summed E-state index contributed by atoms with van der Waals surface area (Å²) < 4.78 is 78.5. The second-order valence-corrected chi connectivity index (χ2v) is 11.7. The lowest BCUT2D eigenvalue weighted by Gasteiger charge is -2.37. The van der Waals surface area contributed by atoms with Gasteiger partial charge in [-0.05, 0) is 24.3 Å². The average Bonchev–Trinajstić information content (AvgIpc) is 3.17. The molecule has 1 amide bonds. The quantitative estimate of drug-likeness (QED) is 0.482. The van der Waals surface area contributed by atoms with Crippen LogP contribution in [0.15, 0.2) is 34.5 Å². The number of hydrogen-bond acceptors (Lipinski definition) is 7. The number of rotatable bonds is 5. The molecule has 1 saturated heterocycles. The minimum absolute atomic E-state index is 0.00870. The number of hydroxylamine groups is 1. The number of hydrogen-bond donors (Lipinski definition) is 2. The zero-order chi connectivity index (χ0) is 22.3. The molecule has 0 unspecified atom stereocenters. The van der Waals surface area contributed by atoms with E-state index in [1.165, 1.54) is 23.7 Å². The van der Waals surface area contributed by atoms with Crippen molar-refractivity contribution in [2.75, 3.05) is 25.9 Å². The van der Waals surface area contributed by atoms with Gasteiger partial charge in [-0.1, -0.05) is 0 Å². The zero-order valence-corrected chi connectivity index (χ0v) is 17.9. The molecule has 2 N–H and O–H groups in total. The second-order valence-electron chi connectivity index (χ2n) is 6.47. The number of sulfonamides is 2. The number of benzene rings is 1. The summed E-state index contributed by atoms with van der Waals surface area (Å²) in [5, 5.41) is 8.98. The van der Waals surface area contributed by atoms with E-state index in [0.717, 1.165) is 20.9 Å². The molecule has 0 aliphatic carbocycles. The van der Waals surface area contributed by atoms with Crippen LogP contribution in [0.4, 0.5) is 8.78 Å². The van der Waals surface area contributed by atoms with Gasteiger partial charge in [0.2, 0.25) is 10.0 Å². The van der Waals surface area contributed by atoms with Crippen molar-refractivity contribution in [3.05, 3.63) is 42.0 Å². The standard InChI is InChI=1S/C16H17F2N3O6S3/c1-29(24,25)20-6-7-21(13(9-20)16(22)19-23)30(26,27)15-5-4-14(28-15)11-3-2-10(17)8-12(11)18/h2-5,8,13,23H,6-7,9H2,1H3,(H,19,22)/t13-/m1/s1. The van der Waals surface area contributed by atoms with Gasteiger partial charge in [0.25, 0.3) is 15.9 Å². The lowest BCUT2D eigenvalue weighted by atomic mass is 10.2. The zero-order valence-electron chi connectivity index (χ0n) is 15.4. The summed E-state index contributed by atoms with van der Waals surface area (Å²) >= 11 is 0.716. The fraction of sp³-hybridized carbons (Fsp3) is 0.312. The van der Waals surface area contributed by atoms with Gasteiger partial charge >= 0.3 is 0 Å². The van der Waals surface area contributed by atoms with Crippen LogP contribution >= 0.6 is 11.3 Å². The molecule has 2 heterocycles. The van der Waals surface area contributed by atoms with Crippen LogP contribution in [-0.2, 0) is 24.8 Å². The van der Waals surface area contributed by atoms with Crippen LogP contribution in [0.25, 0.3) is 10.4 Å². The largest absolute Gasteiger partial charge is 0.289 e. The average molecular weight is 482 g/mol. The molecule has 1 aliphatic heterocycles. The molecular formula is C16H17F2N3O6S3. The summed E-state index contributed by atoms with van der Waals surface area (Å²) in [6, 6.07) is 3.96. The Balaban J connectivity index is 1.96. The van der Waals surface area contributed by atoms with Crippen molar-refractivity contribution in [3.8, 4) is 10.4 Å². The van der Waals surface area contributed by atoms with Crippen LogP contribution in [0.1, 0.15) is 0 Å². The first-order chi connectivity index (χ1) is 13.9. The highest BCUT2D eigenvalue weighted by molar-refractivity contribution is 7.91. The minimum atomic E-state index is -4.28. The first-order valence-electron chi connectivity index (χ1n) is 8.41. The highest BCUT2D eigenvalue weighted by Gasteiger charge is 2.42. The number of thiophene rings is 1. The van der Waals surface area contributed by atoms with Crippen LogP contribution < -0.4 is 5.48 Å².